The molecular formula is C16H31N3. The van der Waals surface area contributed by atoms with Gasteiger partial charge in [-0.05, 0) is 13.3 Å². The molecule has 1 rings (SSSR count). The van der Waals surface area contributed by atoms with Gasteiger partial charge >= 0.3 is 0 Å². The van der Waals surface area contributed by atoms with E-state index in [9.17, 15) is 0 Å². The highest BCUT2D eigenvalue weighted by Crippen LogP contribution is 2.10. The van der Waals surface area contributed by atoms with Crippen LogP contribution in [-0.4, -0.2) is 15.8 Å². The van der Waals surface area contributed by atoms with Crippen LogP contribution in [0.15, 0.2) is 6.20 Å². The Labute approximate surface area is 118 Å². The van der Waals surface area contributed by atoms with Crippen molar-refractivity contribution >= 4 is 0 Å². The van der Waals surface area contributed by atoms with Gasteiger partial charge in [0.25, 0.3) is 0 Å². The Morgan fingerprint density at radius 1 is 1.16 bits per heavy atom. The highest BCUT2D eigenvalue weighted by Gasteiger charge is 2.06. The van der Waals surface area contributed by atoms with Gasteiger partial charge in [0.1, 0.15) is 0 Å². The third-order valence-corrected chi connectivity index (χ3v) is 3.63. The maximum absolute atomic E-state index is 4.50. The molecule has 0 saturated heterocycles. The Balaban J connectivity index is 2.26. The van der Waals surface area contributed by atoms with E-state index in [0.29, 0.717) is 6.04 Å². The zero-order valence-corrected chi connectivity index (χ0v) is 13.2. The van der Waals surface area contributed by atoms with Crippen molar-refractivity contribution in [2.24, 2.45) is 0 Å². The normalized spacial score (nSPS) is 11.4. The first-order valence-corrected chi connectivity index (χ1v) is 7.89. The van der Waals surface area contributed by atoms with Gasteiger partial charge in [0, 0.05) is 30.4 Å². The van der Waals surface area contributed by atoms with E-state index in [1.165, 1.54) is 49.8 Å². The van der Waals surface area contributed by atoms with Crippen LogP contribution in [0.2, 0.25) is 0 Å². The molecule has 1 N–H and O–H groups in total. The molecule has 0 aliphatic rings. The van der Waals surface area contributed by atoms with Gasteiger partial charge in [-0.3, -0.25) is 4.68 Å². The molecule has 1 aromatic heterocycles. The molecule has 110 valence electrons. The molecule has 1 aromatic rings. The van der Waals surface area contributed by atoms with Crippen LogP contribution in [0.3, 0.4) is 0 Å². The van der Waals surface area contributed by atoms with Crippen molar-refractivity contribution in [1.82, 2.24) is 15.1 Å². The summed E-state index contributed by atoms with van der Waals surface area (Å²) >= 11 is 0. The molecule has 0 aliphatic heterocycles. The molecule has 3 nitrogen and oxygen atoms in total. The maximum atomic E-state index is 4.50. The van der Waals surface area contributed by atoms with Crippen molar-refractivity contribution in [3.8, 4) is 0 Å². The van der Waals surface area contributed by atoms with Crippen LogP contribution in [0.4, 0.5) is 0 Å². The van der Waals surface area contributed by atoms with Gasteiger partial charge in [-0.25, -0.2) is 0 Å². The molecule has 19 heavy (non-hydrogen) atoms. The summed E-state index contributed by atoms with van der Waals surface area (Å²) in [6, 6.07) is 0.529. The van der Waals surface area contributed by atoms with Crippen molar-refractivity contribution in [3.63, 3.8) is 0 Å². The SMILES string of the molecule is CCCCCCCCn1ncc(CNC(C)C)c1C. The van der Waals surface area contributed by atoms with E-state index in [1.54, 1.807) is 0 Å². The van der Waals surface area contributed by atoms with Crippen molar-refractivity contribution in [2.45, 2.75) is 85.4 Å². The molecule has 0 spiro atoms. The Bertz CT molecular complexity index is 342. The lowest BCUT2D eigenvalue weighted by molar-refractivity contribution is 0.518. The van der Waals surface area contributed by atoms with Gasteiger partial charge < -0.3 is 5.32 Å². The second-order valence-electron chi connectivity index (χ2n) is 5.78. The lowest BCUT2D eigenvalue weighted by atomic mass is 10.1. The summed E-state index contributed by atoms with van der Waals surface area (Å²) in [5.41, 5.74) is 2.65. The van der Waals surface area contributed by atoms with E-state index in [1.807, 2.05) is 6.20 Å². The van der Waals surface area contributed by atoms with Gasteiger partial charge in [-0.2, -0.15) is 5.10 Å². The highest BCUT2D eigenvalue weighted by atomic mass is 15.3. The fourth-order valence-corrected chi connectivity index (χ4v) is 2.24. The molecule has 0 bridgehead atoms. The van der Waals surface area contributed by atoms with E-state index in [4.69, 9.17) is 0 Å². The number of hydrogen-bond acceptors (Lipinski definition) is 2. The number of hydrogen-bond donors (Lipinski definition) is 1. The topological polar surface area (TPSA) is 29.9 Å². The summed E-state index contributed by atoms with van der Waals surface area (Å²) in [5.74, 6) is 0. The summed E-state index contributed by atoms with van der Waals surface area (Å²) in [6.07, 6.45) is 10.1. The number of nitrogens with one attached hydrogen (secondary N) is 1. The third-order valence-electron chi connectivity index (χ3n) is 3.63. The molecule has 0 atom stereocenters. The minimum atomic E-state index is 0.529. The van der Waals surface area contributed by atoms with Crippen molar-refractivity contribution in [3.05, 3.63) is 17.5 Å². The predicted octanol–water partition coefficient (Wildman–Crippen LogP) is 4.05. The molecule has 0 fully saturated rings. The summed E-state index contributed by atoms with van der Waals surface area (Å²) in [5, 5.41) is 7.96. The molecule has 0 saturated carbocycles. The second kappa shape index (κ2) is 9.13. The first-order valence-electron chi connectivity index (χ1n) is 7.89. The number of rotatable bonds is 10. The zero-order chi connectivity index (χ0) is 14.1. The molecule has 0 aromatic carbocycles. The van der Waals surface area contributed by atoms with E-state index >= 15 is 0 Å². The van der Waals surface area contributed by atoms with Gasteiger partial charge in [0.05, 0.1) is 6.20 Å². The fourth-order valence-electron chi connectivity index (χ4n) is 2.24. The van der Waals surface area contributed by atoms with Gasteiger partial charge in [-0.15, -0.1) is 0 Å². The number of aryl methyl sites for hydroxylation is 1. The second-order valence-corrected chi connectivity index (χ2v) is 5.78. The summed E-state index contributed by atoms with van der Waals surface area (Å²) in [7, 11) is 0. The average molecular weight is 265 g/mol. The third kappa shape index (κ3) is 6.24. The lowest BCUT2D eigenvalue weighted by Crippen LogP contribution is -2.22. The molecule has 0 aliphatic carbocycles. The minimum absolute atomic E-state index is 0.529. The molecule has 0 amide bonds. The Kier molecular flexibility index (Phi) is 7.80. The van der Waals surface area contributed by atoms with Gasteiger partial charge in [0.15, 0.2) is 0 Å². The summed E-state index contributed by atoms with van der Waals surface area (Å²) in [6.45, 7) is 10.8. The summed E-state index contributed by atoms with van der Waals surface area (Å²) in [4.78, 5) is 0. The van der Waals surface area contributed by atoms with E-state index in [0.717, 1.165) is 13.1 Å². The quantitative estimate of drug-likeness (QED) is 0.647. The Hall–Kier alpha value is -0.830. The van der Waals surface area contributed by atoms with Crippen LogP contribution < -0.4 is 5.32 Å². The number of unbranched alkanes of at least 4 members (excludes halogenated alkanes) is 5. The lowest BCUT2D eigenvalue weighted by Gasteiger charge is -2.08. The monoisotopic (exact) mass is 265 g/mol. The smallest absolute Gasteiger partial charge is 0.0537 e. The van der Waals surface area contributed by atoms with E-state index < -0.39 is 0 Å². The molecule has 3 heteroatoms. The predicted molar refractivity (Wildman–Crippen MR) is 82.3 cm³/mol. The van der Waals surface area contributed by atoms with Crippen LogP contribution in [0.1, 0.15) is 70.6 Å². The molecular weight excluding hydrogens is 234 g/mol. The van der Waals surface area contributed by atoms with E-state index in [-0.39, 0.29) is 0 Å². The number of aromatic nitrogens is 2. The molecule has 0 radical (unpaired) electrons. The first-order chi connectivity index (χ1) is 9.15. The first kappa shape index (κ1) is 16.2. The Morgan fingerprint density at radius 3 is 2.53 bits per heavy atom. The summed E-state index contributed by atoms with van der Waals surface area (Å²) < 4.78 is 2.16. The van der Waals surface area contributed by atoms with Crippen LogP contribution in [-0.2, 0) is 13.1 Å². The van der Waals surface area contributed by atoms with Crippen LogP contribution in [0.25, 0.3) is 0 Å². The number of nitrogens with zero attached hydrogens (tertiary/aromatic N) is 2. The van der Waals surface area contributed by atoms with E-state index in [2.05, 4.69) is 42.8 Å². The van der Waals surface area contributed by atoms with Crippen molar-refractivity contribution < 1.29 is 0 Å². The standard InChI is InChI=1S/C16H31N3/c1-5-6-7-8-9-10-11-19-15(4)16(13-18-19)12-17-14(2)3/h13-14,17H,5-12H2,1-4H3. The van der Waals surface area contributed by atoms with Crippen LogP contribution in [0.5, 0.6) is 0 Å². The van der Waals surface area contributed by atoms with Gasteiger partial charge in [0.2, 0.25) is 0 Å². The fraction of sp³-hybridized carbons (Fsp3) is 0.812. The van der Waals surface area contributed by atoms with Crippen LogP contribution >= 0.6 is 0 Å². The average Bonchev–Trinajstić information content (AvgIpc) is 2.72. The van der Waals surface area contributed by atoms with Gasteiger partial charge in [-0.1, -0.05) is 52.9 Å². The van der Waals surface area contributed by atoms with Crippen molar-refractivity contribution in [2.75, 3.05) is 0 Å². The largest absolute Gasteiger partial charge is 0.310 e. The zero-order valence-electron chi connectivity index (χ0n) is 13.2. The van der Waals surface area contributed by atoms with Crippen molar-refractivity contribution in [1.29, 1.82) is 0 Å². The minimum Gasteiger partial charge on any atom is -0.310 e. The Morgan fingerprint density at radius 2 is 1.84 bits per heavy atom. The molecule has 1 heterocycles. The van der Waals surface area contributed by atoms with Crippen LogP contribution in [0, 0.1) is 6.92 Å². The maximum Gasteiger partial charge on any atom is 0.0537 e. The highest BCUT2D eigenvalue weighted by molar-refractivity contribution is 5.15. The molecule has 0 unspecified atom stereocenters.